The van der Waals surface area contributed by atoms with E-state index < -0.39 is 47.3 Å². The smallest absolute Gasteiger partial charge is 0.449 e. The number of carbonyl (C=O) groups excluding carboxylic acids is 2. The van der Waals surface area contributed by atoms with Crippen LogP contribution in [0.5, 0.6) is 5.75 Å². The molecule has 1 fully saturated rings. The fraction of sp³-hybridized carbons (Fsp3) is 0.321. The van der Waals surface area contributed by atoms with Gasteiger partial charge in [-0.25, -0.2) is 9.97 Å². The van der Waals surface area contributed by atoms with Gasteiger partial charge in [0.15, 0.2) is 0 Å². The van der Waals surface area contributed by atoms with E-state index in [-0.39, 0.29) is 43.9 Å². The molecule has 1 saturated heterocycles. The van der Waals surface area contributed by atoms with Gasteiger partial charge in [0.1, 0.15) is 23.8 Å². The number of rotatable bonds is 6. The molecule has 0 saturated carbocycles. The molecule has 238 valence electrons. The summed E-state index contributed by atoms with van der Waals surface area (Å²) in [4.78, 5) is 50.9. The lowest BCUT2D eigenvalue weighted by molar-refractivity contribution is -0.147. The molecule has 3 aromatic heterocycles. The standard InChI is InChI=1S/C28H27Cl2F3N8O4/c1-13-10-38(2)4-5-41(13)20-8-19(18(30)9-35-20)36-21(42)12-40-11-16(14-6-15(24(34)44)23(43)17(29)7-14)22-25(40)37-27(28(31,32)33)39(3)26(22)45/h6-9,11,13,43H,4-5,10,12H2,1-3H3,(H2,34,44)(H,35,36,42)/t13-/m0/s1. The first kappa shape index (κ1) is 32.1. The van der Waals surface area contributed by atoms with Crippen molar-refractivity contribution in [3.05, 3.63) is 62.4 Å². The van der Waals surface area contributed by atoms with Gasteiger partial charge < -0.3 is 30.5 Å². The average Bonchev–Trinajstić information content (AvgIpc) is 3.30. The summed E-state index contributed by atoms with van der Waals surface area (Å²) >= 11 is 12.4. The highest BCUT2D eigenvalue weighted by molar-refractivity contribution is 6.34. The second-order valence-corrected chi connectivity index (χ2v) is 11.6. The van der Waals surface area contributed by atoms with Gasteiger partial charge in [-0.2, -0.15) is 13.2 Å². The molecule has 45 heavy (non-hydrogen) atoms. The fourth-order valence-corrected chi connectivity index (χ4v) is 5.73. The first-order valence-corrected chi connectivity index (χ1v) is 14.2. The molecule has 0 aliphatic carbocycles. The van der Waals surface area contributed by atoms with Crippen molar-refractivity contribution >= 4 is 57.6 Å². The third-order valence-electron chi connectivity index (χ3n) is 7.55. The Labute approximate surface area is 263 Å². The van der Waals surface area contributed by atoms with Gasteiger partial charge in [0.2, 0.25) is 11.7 Å². The van der Waals surface area contributed by atoms with Crippen LogP contribution in [0.2, 0.25) is 10.0 Å². The maximum Gasteiger partial charge on any atom is 0.449 e. The third-order valence-corrected chi connectivity index (χ3v) is 8.13. The van der Waals surface area contributed by atoms with Gasteiger partial charge in [0, 0.05) is 50.6 Å². The topological polar surface area (TPSA) is 152 Å². The van der Waals surface area contributed by atoms with E-state index in [4.69, 9.17) is 28.9 Å². The quantitative estimate of drug-likeness (QED) is 0.282. The van der Waals surface area contributed by atoms with Crippen molar-refractivity contribution in [2.75, 3.05) is 36.9 Å². The Balaban J connectivity index is 1.58. The Hall–Kier alpha value is -4.34. The fourth-order valence-electron chi connectivity index (χ4n) is 5.36. The maximum atomic E-state index is 13.9. The summed E-state index contributed by atoms with van der Waals surface area (Å²) in [5, 5.41) is 12.4. The van der Waals surface area contributed by atoms with Crippen molar-refractivity contribution in [3.63, 3.8) is 0 Å². The first-order valence-electron chi connectivity index (χ1n) is 13.5. The lowest BCUT2D eigenvalue weighted by Gasteiger charge is -2.39. The number of piperazine rings is 1. The number of fused-ring (bicyclic) bond motifs is 1. The van der Waals surface area contributed by atoms with Crippen LogP contribution in [-0.2, 0) is 24.6 Å². The molecule has 2 amide bonds. The minimum atomic E-state index is -5.00. The highest BCUT2D eigenvalue weighted by Crippen LogP contribution is 2.37. The van der Waals surface area contributed by atoms with E-state index in [0.717, 1.165) is 30.8 Å². The summed E-state index contributed by atoms with van der Waals surface area (Å²) in [5.74, 6) is -3.25. The molecule has 1 atom stereocenters. The Kier molecular flexibility index (Phi) is 8.46. The molecule has 0 radical (unpaired) electrons. The number of pyridine rings is 1. The number of primary amides is 1. The highest BCUT2D eigenvalue weighted by atomic mass is 35.5. The van der Waals surface area contributed by atoms with Gasteiger partial charge >= 0.3 is 6.18 Å². The Morgan fingerprint density at radius 1 is 1.16 bits per heavy atom. The number of phenols is 1. The SMILES string of the molecule is C[C@H]1CN(C)CCN1c1cc(NC(=O)Cn2cc(-c3cc(Cl)c(O)c(C(N)=O)c3)c3c(=O)n(C)c(C(F)(F)F)nc32)c(Cl)cn1. The highest BCUT2D eigenvalue weighted by Gasteiger charge is 2.37. The van der Waals surface area contributed by atoms with E-state index >= 15 is 0 Å². The summed E-state index contributed by atoms with van der Waals surface area (Å²) in [6, 6.07) is 4.08. The molecule has 4 heterocycles. The van der Waals surface area contributed by atoms with Crippen LogP contribution in [0.3, 0.4) is 0 Å². The number of nitrogens with one attached hydrogen (secondary N) is 1. The zero-order chi connectivity index (χ0) is 33.0. The van der Waals surface area contributed by atoms with Crippen molar-refractivity contribution in [2.45, 2.75) is 25.7 Å². The van der Waals surface area contributed by atoms with Crippen molar-refractivity contribution in [1.29, 1.82) is 0 Å². The van der Waals surface area contributed by atoms with Gasteiger partial charge in [0.25, 0.3) is 11.5 Å². The monoisotopic (exact) mass is 666 g/mol. The van der Waals surface area contributed by atoms with Crippen LogP contribution in [-0.4, -0.2) is 73.6 Å². The van der Waals surface area contributed by atoms with Gasteiger partial charge in [-0.15, -0.1) is 0 Å². The first-order chi connectivity index (χ1) is 21.1. The molecule has 5 rings (SSSR count). The van der Waals surface area contributed by atoms with Crippen LogP contribution >= 0.6 is 23.2 Å². The normalized spacial score (nSPS) is 15.9. The summed E-state index contributed by atoms with van der Waals surface area (Å²) < 4.78 is 43.0. The zero-order valence-corrected chi connectivity index (χ0v) is 25.6. The third kappa shape index (κ3) is 6.15. The number of aromatic hydroxyl groups is 1. The number of alkyl halides is 3. The number of anilines is 2. The Morgan fingerprint density at radius 2 is 1.87 bits per heavy atom. The molecular weight excluding hydrogens is 640 g/mol. The Bertz CT molecular complexity index is 1910. The molecule has 0 unspecified atom stereocenters. The van der Waals surface area contributed by atoms with Crippen molar-refractivity contribution in [2.24, 2.45) is 12.8 Å². The van der Waals surface area contributed by atoms with Crippen LogP contribution < -0.4 is 21.5 Å². The second kappa shape index (κ2) is 11.9. The van der Waals surface area contributed by atoms with Gasteiger partial charge in [-0.05, 0) is 31.7 Å². The number of amides is 2. The van der Waals surface area contributed by atoms with Crippen molar-refractivity contribution < 1.29 is 27.9 Å². The molecule has 4 aromatic rings. The number of benzene rings is 1. The largest absolute Gasteiger partial charge is 0.506 e. The van der Waals surface area contributed by atoms with Crippen LogP contribution in [0.25, 0.3) is 22.2 Å². The predicted molar refractivity (Wildman–Crippen MR) is 163 cm³/mol. The molecule has 0 bridgehead atoms. The van der Waals surface area contributed by atoms with Gasteiger partial charge in [-0.1, -0.05) is 23.2 Å². The molecule has 1 aliphatic heterocycles. The maximum absolute atomic E-state index is 13.9. The number of hydrogen-bond acceptors (Lipinski definition) is 8. The van der Waals surface area contributed by atoms with Crippen LogP contribution in [0, 0.1) is 0 Å². The minimum absolute atomic E-state index is 0.00249. The number of aromatic nitrogens is 4. The van der Waals surface area contributed by atoms with E-state index in [1.165, 1.54) is 18.5 Å². The lowest BCUT2D eigenvalue weighted by atomic mass is 10.0. The lowest BCUT2D eigenvalue weighted by Crippen LogP contribution is -2.50. The number of halogens is 5. The molecular formula is C28H27Cl2F3N8O4. The second-order valence-electron chi connectivity index (χ2n) is 10.8. The van der Waals surface area contributed by atoms with E-state index in [1.807, 2.05) is 14.0 Å². The molecule has 1 aromatic carbocycles. The molecule has 17 heteroatoms. The molecule has 0 spiro atoms. The molecule has 4 N–H and O–H groups in total. The number of likely N-dealkylation sites (N-methyl/N-ethyl adjacent to an activating group) is 1. The van der Waals surface area contributed by atoms with E-state index in [0.29, 0.717) is 16.9 Å². The van der Waals surface area contributed by atoms with Crippen LogP contribution in [0.4, 0.5) is 24.7 Å². The predicted octanol–water partition coefficient (Wildman–Crippen LogP) is 3.71. The van der Waals surface area contributed by atoms with E-state index in [9.17, 15) is 32.7 Å². The number of nitrogens with two attached hydrogens (primary N) is 1. The van der Waals surface area contributed by atoms with E-state index in [1.54, 1.807) is 6.07 Å². The van der Waals surface area contributed by atoms with Crippen LogP contribution in [0.1, 0.15) is 23.1 Å². The molecule has 1 aliphatic rings. The van der Waals surface area contributed by atoms with Crippen LogP contribution in [0.15, 0.2) is 35.4 Å². The average molecular weight is 667 g/mol. The van der Waals surface area contributed by atoms with Crippen molar-refractivity contribution in [1.82, 2.24) is 24.0 Å². The van der Waals surface area contributed by atoms with Crippen molar-refractivity contribution in [3.8, 4) is 16.9 Å². The Morgan fingerprint density at radius 3 is 2.51 bits per heavy atom. The summed E-state index contributed by atoms with van der Waals surface area (Å²) in [7, 11) is 2.93. The molecule has 12 nitrogen and oxygen atoms in total. The summed E-state index contributed by atoms with van der Waals surface area (Å²) in [5.41, 5.74) is 3.74. The summed E-state index contributed by atoms with van der Waals surface area (Å²) in [6.07, 6.45) is -2.37. The van der Waals surface area contributed by atoms with Gasteiger partial charge in [-0.3, -0.25) is 19.0 Å². The summed E-state index contributed by atoms with van der Waals surface area (Å²) in [6.45, 7) is 3.76. The number of hydrogen-bond donors (Lipinski definition) is 3. The number of nitrogens with zero attached hydrogens (tertiary/aromatic N) is 6. The number of carbonyl (C=O) groups is 2. The van der Waals surface area contributed by atoms with E-state index in [2.05, 4.69) is 25.1 Å². The zero-order valence-electron chi connectivity index (χ0n) is 24.1. The van der Waals surface area contributed by atoms with Gasteiger partial charge in [0.05, 0.1) is 32.9 Å². The minimum Gasteiger partial charge on any atom is -0.506 e.